The predicted octanol–water partition coefficient (Wildman–Crippen LogP) is 13.5. The van der Waals surface area contributed by atoms with E-state index in [1.807, 2.05) is 24.3 Å². The predicted molar refractivity (Wildman–Crippen MR) is 218 cm³/mol. The average molecular weight is 863 g/mol. The van der Waals surface area contributed by atoms with Gasteiger partial charge in [-0.3, -0.25) is 0 Å². The van der Waals surface area contributed by atoms with E-state index < -0.39 is 28.9 Å². The van der Waals surface area contributed by atoms with Gasteiger partial charge in [-0.15, -0.1) is 0 Å². The first-order valence-electron chi connectivity index (χ1n) is 16.9. The second-order valence-corrected chi connectivity index (χ2v) is 26.1. The molecule has 0 nitrogen and oxygen atoms in total. The molecule has 0 unspecified atom stereocenters. The Kier molecular flexibility index (Phi) is 10.7. The molecule has 0 amide bonds. The fourth-order valence-electron chi connectivity index (χ4n) is 7.73. The van der Waals surface area contributed by atoms with Gasteiger partial charge in [0.1, 0.15) is 0 Å². The second kappa shape index (κ2) is 13.9. The Morgan fingerprint density at radius 2 is 1.14 bits per heavy atom. The van der Waals surface area contributed by atoms with Crippen molar-refractivity contribution in [1.82, 2.24) is 0 Å². The summed E-state index contributed by atoms with van der Waals surface area (Å²) < 4.78 is 1.41. The SMILES string of the molecule is Cc1cc2c(cc1C(C)(C)C)-c1cc(C(C)(C)C)c(C)[c]([Zr]([C]3=CC=CC3)=[C](c3ccc(C(Cl)(Cl)Cl)cc3)c3ccc(C(Cl)(Cl)Cl)cc3)c1C2. The number of hydrogen-bond donors (Lipinski definition) is 0. The van der Waals surface area contributed by atoms with Gasteiger partial charge < -0.3 is 0 Å². The number of fused-ring (bicyclic) bond motifs is 3. The Hall–Kier alpha value is -1.15. The molecule has 0 aliphatic heterocycles. The average Bonchev–Trinajstić information content (AvgIpc) is 3.66. The van der Waals surface area contributed by atoms with Crippen LogP contribution in [0.5, 0.6) is 0 Å². The number of allylic oxidation sites excluding steroid dienone is 4. The van der Waals surface area contributed by atoms with Gasteiger partial charge in [-0.1, -0.05) is 0 Å². The van der Waals surface area contributed by atoms with Crippen molar-refractivity contribution in [2.45, 2.75) is 86.6 Å². The van der Waals surface area contributed by atoms with Crippen LogP contribution in [0.3, 0.4) is 0 Å². The molecule has 0 atom stereocenters. The molecule has 2 aliphatic rings. The molecule has 0 heterocycles. The first-order valence-corrected chi connectivity index (χ1v) is 22.9. The Bertz CT molecular complexity index is 2010. The first kappa shape index (κ1) is 38.6. The Morgan fingerprint density at radius 3 is 1.58 bits per heavy atom. The van der Waals surface area contributed by atoms with Crippen LogP contribution in [-0.4, -0.2) is 3.21 Å². The molecule has 0 spiro atoms. The third-order valence-electron chi connectivity index (χ3n) is 10.0. The zero-order valence-electron chi connectivity index (χ0n) is 29.8. The Balaban J connectivity index is 1.75. The molecule has 7 heteroatoms. The summed E-state index contributed by atoms with van der Waals surface area (Å²) >= 11 is 35.0. The molecule has 260 valence electrons. The molecule has 0 bridgehead atoms. The molecule has 4 aromatic carbocycles. The van der Waals surface area contributed by atoms with Crippen molar-refractivity contribution < 1.29 is 21.3 Å². The Morgan fingerprint density at radius 1 is 0.640 bits per heavy atom. The first-order chi connectivity index (χ1) is 23.2. The van der Waals surface area contributed by atoms with Gasteiger partial charge in [0, 0.05) is 0 Å². The molecule has 0 aromatic heterocycles. The fraction of sp³-hybridized carbons (Fsp3) is 0.326. The molecule has 0 radical (unpaired) electrons. The summed E-state index contributed by atoms with van der Waals surface area (Å²) in [5.41, 5.74) is 14.7. The van der Waals surface area contributed by atoms with Crippen molar-refractivity contribution in [2.24, 2.45) is 0 Å². The molecule has 0 fully saturated rings. The molecule has 0 N–H and O–H groups in total. The summed E-state index contributed by atoms with van der Waals surface area (Å²) in [6, 6.07) is 23.7. The van der Waals surface area contributed by atoms with Gasteiger partial charge in [0.05, 0.1) is 0 Å². The van der Waals surface area contributed by atoms with Crippen LogP contribution in [0.15, 0.2) is 88.2 Å². The van der Waals surface area contributed by atoms with Gasteiger partial charge in [0.25, 0.3) is 0 Å². The number of halogens is 6. The van der Waals surface area contributed by atoms with Crippen molar-refractivity contribution in [3.63, 3.8) is 0 Å². The second-order valence-electron chi connectivity index (χ2n) is 15.7. The van der Waals surface area contributed by atoms with E-state index in [4.69, 9.17) is 69.6 Å². The number of rotatable bonds is 4. The zero-order chi connectivity index (χ0) is 36.6. The Labute approximate surface area is 335 Å². The van der Waals surface area contributed by atoms with Crippen LogP contribution in [0, 0.1) is 13.8 Å². The van der Waals surface area contributed by atoms with Crippen molar-refractivity contribution >= 4 is 76.1 Å². The molecular weight excluding hydrogens is 820 g/mol. The van der Waals surface area contributed by atoms with E-state index in [-0.39, 0.29) is 10.8 Å². The molecule has 4 aromatic rings. The van der Waals surface area contributed by atoms with E-state index >= 15 is 0 Å². The molecule has 6 rings (SSSR count). The topological polar surface area (TPSA) is 0 Å². The van der Waals surface area contributed by atoms with Crippen LogP contribution in [0.1, 0.15) is 104 Å². The van der Waals surface area contributed by atoms with E-state index in [2.05, 4.69) is 116 Å². The van der Waals surface area contributed by atoms with Crippen LogP contribution in [-0.2, 0) is 46.1 Å². The van der Waals surface area contributed by atoms with Crippen molar-refractivity contribution in [2.75, 3.05) is 0 Å². The maximum absolute atomic E-state index is 6.35. The van der Waals surface area contributed by atoms with E-state index in [1.54, 1.807) is 3.27 Å². The van der Waals surface area contributed by atoms with Crippen LogP contribution < -0.4 is 3.27 Å². The maximum atomic E-state index is 6.35. The standard InChI is InChI=1S/C23H29.C15H8Cl6.C5H5.Zr/c1-14-9-16-11-17-10-15(2)21(23(6,7)8)13-19(17)18(16)12-20(14)22(3,4)5;16-14(17,18)12-5-1-10(2-6-12)9-11-3-7-13(8-4-11)15(19,20)21;1-2-4-5-3-1;/h9,12-13H,11H2,1-8H3;1-8H;1-3H,4H2;. The van der Waals surface area contributed by atoms with Crippen LogP contribution in [0.4, 0.5) is 0 Å². The van der Waals surface area contributed by atoms with Crippen molar-refractivity contribution in [3.8, 4) is 11.1 Å². The van der Waals surface area contributed by atoms with Crippen molar-refractivity contribution in [1.29, 1.82) is 0 Å². The molecule has 2 aliphatic carbocycles. The van der Waals surface area contributed by atoms with Gasteiger partial charge in [-0.2, -0.15) is 0 Å². The minimum atomic E-state index is -3.06. The number of aryl methyl sites for hydroxylation is 1. The molecular formula is C43H42Cl6Zr. The van der Waals surface area contributed by atoms with Gasteiger partial charge >= 0.3 is 339 Å². The van der Waals surface area contributed by atoms with Gasteiger partial charge in [-0.05, 0) is 0 Å². The third kappa shape index (κ3) is 7.60. The molecule has 50 heavy (non-hydrogen) atoms. The molecule has 0 saturated carbocycles. The summed E-state index contributed by atoms with van der Waals surface area (Å²) in [6.07, 6.45) is 8.75. The minimum absolute atomic E-state index is 0.0438. The zero-order valence-corrected chi connectivity index (χ0v) is 36.8. The van der Waals surface area contributed by atoms with Crippen LogP contribution >= 0.6 is 69.6 Å². The molecule has 0 saturated heterocycles. The summed E-state index contributed by atoms with van der Waals surface area (Å²) in [6.45, 7) is 18.6. The monoisotopic (exact) mass is 858 g/mol. The third-order valence-corrected chi connectivity index (χ3v) is 19.4. The summed E-state index contributed by atoms with van der Waals surface area (Å²) in [5, 5.41) is 0. The van der Waals surface area contributed by atoms with Crippen LogP contribution in [0.2, 0.25) is 0 Å². The quantitative estimate of drug-likeness (QED) is 0.158. The number of hydrogen-bond acceptors (Lipinski definition) is 0. The van der Waals surface area contributed by atoms with E-state index in [0.29, 0.717) is 11.1 Å². The number of benzene rings is 4. The fourth-order valence-corrected chi connectivity index (χ4v) is 16.9. The van der Waals surface area contributed by atoms with Gasteiger partial charge in [0.15, 0.2) is 0 Å². The summed E-state index contributed by atoms with van der Waals surface area (Å²) in [4.78, 5) is 0. The summed E-state index contributed by atoms with van der Waals surface area (Å²) in [7, 11) is 0. The summed E-state index contributed by atoms with van der Waals surface area (Å²) in [5.74, 6) is 0. The van der Waals surface area contributed by atoms with Crippen molar-refractivity contribution in [3.05, 3.63) is 144 Å². The van der Waals surface area contributed by atoms with E-state index in [9.17, 15) is 0 Å². The van der Waals surface area contributed by atoms with Gasteiger partial charge in [-0.25, -0.2) is 0 Å². The normalized spacial score (nSPS) is 14.5. The van der Waals surface area contributed by atoms with Crippen LogP contribution in [0.25, 0.3) is 11.1 Å². The van der Waals surface area contributed by atoms with E-state index in [0.717, 1.165) is 24.0 Å². The van der Waals surface area contributed by atoms with Gasteiger partial charge in [0.2, 0.25) is 0 Å². The van der Waals surface area contributed by atoms with E-state index in [1.165, 1.54) is 51.0 Å². The number of alkyl halides is 6.